The van der Waals surface area contributed by atoms with E-state index in [0.29, 0.717) is 11.3 Å². The zero-order valence-electron chi connectivity index (χ0n) is 10.8. The van der Waals surface area contributed by atoms with E-state index in [4.69, 9.17) is 5.11 Å². The number of anilines is 1. The lowest BCUT2D eigenvalue weighted by Gasteiger charge is -2.07. The van der Waals surface area contributed by atoms with Crippen LogP contribution in [0.4, 0.5) is 5.69 Å². The first-order chi connectivity index (χ1) is 9.56. The molecule has 1 heterocycles. The fourth-order valence-electron chi connectivity index (χ4n) is 1.70. The van der Waals surface area contributed by atoms with Crippen LogP contribution in [0.15, 0.2) is 41.1 Å². The third-order valence-corrected chi connectivity index (χ3v) is 3.40. The van der Waals surface area contributed by atoms with Crippen LogP contribution in [0.2, 0.25) is 0 Å². The van der Waals surface area contributed by atoms with Gasteiger partial charge in [-0.1, -0.05) is 6.07 Å². The molecule has 0 aliphatic heterocycles. The van der Waals surface area contributed by atoms with E-state index in [9.17, 15) is 9.59 Å². The van der Waals surface area contributed by atoms with E-state index in [2.05, 4.69) is 5.32 Å². The molecule has 0 saturated carbocycles. The first-order valence-corrected chi connectivity index (χ1v) is 6.86. The molecule has 0 spiro atoms. The van der Waals surface area contributed by atoms with Gasteiger partial charge >= 0.3 is 5.97 Å². The summed E-state index contributed by atoms with van der Waals surface area (Å²) in [6.45, 7) is 1.86. The Bertz CT molecular complexity index is 660. The molecule has 1 aromatic heterocycles. The van der Waals surface area contributed by atoms with Gasteiger partial charge in [-0.05, 0) is 47.7 Å². The zero-order valence-corrected chi connectivity index (χ0v) is 11.6. The van der Waals surface area contributed by atoms with Crippen molar-refractivity contribution in [1.82, 2.24) is 0 Å². The standard InChI is InChI=1S/C15H13NO3S/c1-10-8-13(4-2-11(10)3-5-14(17)18)16-15(19)12-6-7-20-9-12/h2-9H,1H3,(H,16,19)(H,17,18). The van der Waals surface area contributed by atoms with Gasteiger partial charge in [0.05, 0.1) is 5.56 Å². The highest BCUT2D eigenvalue weighted by atomic mass is 32.1. The molecule has 1 aromatic carbocycles. The average Bonchev–Trinajstić information content (AvgIpc) is 2.91. The lowest BCUT2D eigenvalue weighted by atomic mass is 10.1. The lowest BCUT2D eigenvalue weighted by Crippen LogP contribution is -2.10. The number of nitrogens with one attached hydrogen (secondary N) is 1. The van der Waals surface area contributed by atoms with Gasteiger partial charge in [0, 0.05) is 17.1 Å². The first-order valence-electron chi connectivity index (χ1n) is 5.91. The molecule has 0 unspecified atom stereocenters. The molecule has 2 aromatic rings. The molecule has 0 fully saturated rings. The molecule has 0 aliphatic rings. The van der Waals surface area contributed by atoms with E-state index in [-0.39, 0.29) is 5.91 Å². The zero-order chi connectivity index (χ0) is 14.5. The number of thiophene rings is 1. The van der Waals surface area contributed by atoms with Crippen molar-refractivity contribution in [1.29, 1.82) is 0 Å². The van der Waals surface area contributed by atoms with Gasteiger partial charge in [-0.25, -0.2) is 4.79 Å². The summed E-state index contributed by atoms with van der Waals surface area (Å²) in [6.07, 6.45) is 2.62. The maximum absolute atomic E-state index is 11.9. The average molecular weight is 287 g/mol. The molecule has 4 nitrogen and oxygen atoms in total. The maximum Gasteiger partial charge on any atom is 0.328 e. The highest BCUT2D eigenvalue weighted by Gasteiger charge is 2.06. The van der Waals surface area contributed by atoms with Gasteiger partial charge in [-0.3, -0.25) is 4.79 Å². The number of carboxylic acids is 1. The molecule has 1 amide bonds. The molecule has 5 heteroatoms. The molecular formula is C15H13NO3S. The quantitative estimate of drug-likeness (QED) is 0.847. The fraction of sp³-hybridized carbons (Fsp3) is 0.0667. The Balaban J connectivity index is 2.13. The van der Waals surface area contributed by atoms with Gasteiger partial charge in [-0.2, -0.15) is 11.3 Å². The van der Waals surface area contributed by atoms with Crippen molar-refractivity contribution in [2.24, 2.45) is 0 Å². The smallest absolute Gasteiger partial charge is 0.328 e. The Hall–Kier alpha value is -2.40. The predicted molar refractivity (Wildman–Crippen MR) is 80.1 cm³/mol. The number of aliphatic carboxylic acids is 1. The second-order valence-corrected chi connectivity index (χ2v) is 4.99. The van der Waals surface area contributed by atoms with Gasteiger partial charge in [0.2, 0.25) is 0 Å². The lowest BCUT2D eigenvalue weighted by molar-refractivity contribution is -0.131. The second-order valence-electron chi connectivity index (χ2n) is 4.21. The van der Waals surface area contributed by atoms with Crippen LogP contribution in [0.5, 0.6) is 0 Å². The van der Waals surface area contributed by atoms with E-state index >= 15 is 0 Å². The summed E-state index contributed by atoms with van der Waals surface area (Å²) in [7, 11) is 0. The Morgan fingerprint density at radius 3 is 2.70 bits per heavy atom. The van der Waals surface area contributed by atoms with Gasteiger partial charge in [-0.15, -0.1) is 0 Å². The highest BCUT2D eigenvalue weighted by molar-refractivity contribution is 7.08. The SMILES string of the molecule is Cc1cc(NC(=O)c2ccsc2)ccc1C=CC(=O)O. The number of aryl methyl sites for hydroxylation is 1. The summed E-state index contributed by atoms with van der Waals surface area (Å²) in [6, 6.07) is 7.10. The molecule has 0 bridgehead atoms. The van der Waals surface area contributed by atoms with Gasteiger partial charge < -0.3 is 10.4 Å². The summed E-state index contributed by atoms with van der Waals surface area (Å²) >= 11 is 1.47. The van der Waals surface area contributed by atoms with Crippen molar-refractivity contribution in [3.63, 3.8) is 0 Å². The molecule has 102 valence electrons. The van der Waals surface area contributed by atoms with Crippen molar-refractivity contribution < 1.29 is 14.7 Å². The van der Waals surface area contributed by atoms with E-state index in [0.717, 1.165) is 17.2 Å². The molecule has 2 rings (SSSR count). The Labute approximate surface area is 120 Å². The third kappa shape index (κ3) is 3.55. The van der Waals surface area contributed by atoms with Crippen LogP contribution in [0.1, 0.15) is 21.5 Å². The normalized spacial score (nSPS) is 10.7. The van der Waals surface area contributed by atoms with E-state index in [1.165, 1.54) is 17.4 Å². The first kappa shape index (κ1) is 14.0. The molecular weight excluding hydrogens is 274 g/mol. The van der Waals surface area contributed by atoms with Gasteiger partial charge in [0.1, 0.15) is 0 Å². The van der Waals surface area contributed by atoms with Crippen molar-refractivity contribution in [2.45, 2.75) is 6.92 Å². The molecule has 20 heavy (non-hydrogen) atoms. The topological polar surface area (TPSA) is 66.4 Å². The summed E-state index contributed by atoms with van der Waals surface area (Å²) < 4.78 is 0. The maximum atomic E-state index is 11.9. The summed E-state index contributed by atoms with van der Waals surface area (Å²) in [5, 5.41) is 15.0. The molecule has 0 saturated heterocycles. The largest absolute Gasteiger partial charge is 0.478 e. The molecule has 0 radical (unpaired) electrons. The summed E-state index contributed by atoms with van der Waals surface area (Å²) in [4.78, 5) is 22.4. The number of benzene rings is 1. The molecule has 0 atom stereocenters. The van der Waals surface area contributed by atoms with Crippen LogP contribution in [0.25, 0.3) is 6.08 Å². The number of hydrogen-bond acceptors (Lipinski definition) is 3. The van der Waals surface area contributed by atoms with Crippen molar-refractivity contribution in [3.8, 4) is 0 Å². The van der Waals surface area contributed by atoms with Crippen LogP contribution in [-0.4, -0.2) is 17.0 Å². The van der Waals surface area contributed by atoms with Crippen LogP contribution < -0.4 is 5.32 Å². The number of carbonyl (C=O) groups is 2. The van der Waals surface area contributed by atoms with E-state index in [1.54, 1.807) is 23.6 Å². The van der Waals surface area contributed by atoms with Crippen LogP contribution in [0.3, 0.4) is 0 Å². The van der Waals surface area contributed by atoms with Crippen LogP contribution in [-0.2, 0) is 4.79 Å². The van der Waals surface area contributed by atoms with Gasteiger partial charge in [0.15, 0.2) is 0 Å². The van der Waals surface area contributed by atoms with Crippen LogP contribution in [0, 0.1) is 6.92 Å². The Morgan fingerprint density at radius 1 is 1.30 bits per heavy atom. The predicted octanol–water partition coefficient (Wildman–Crippen LogP) is 3.41. The fourth-order valence-corrected chi connectivity index (χ4v) is 2.33. The van der Waals surface area contributed by atoms with Gasteiger partial charge in [0.25, 0.3) is 5.91 Å². The van der Waals surface area contributed by atoms with E-state index in [1.807, 2.05) is 18.4 Å². The summed E-state index contributed by atoms with van der Waals surface area (Å²) in [5.74, 6) is -1.14. The molecule has 2 N–H and O–H groups in total. The number of hydrogen-bond donors (Lipinski definition) is 2. The van der Waals surface area contributed by atoms with Crippen LogP contribution >= 0.6 is 11.3 Å². The number of carbonyl (C=O) groups excluding carboxylic acids is 1. The van der Waals surface area contributed by atoms with Crippen molar-refractivity contribution >= 4 is 35.0 Å². The minimum absolute atomic E-state index is 0.153. The minimum Gasteiger partial charge on any atom is -0.478 e. The van der Waals surface area contributed by atoms with Crippen molar-refractivity contribution in [2.75, 3.05) is 5.32 Å². The Kier molecular flexibility index (Phi) is 4.32. The van der Waals surface area contributed by atoms with Crippen molar-refractivity contribution in [3.05, 3.63) is 57.8 Å². The number of amides is 1. The number of rotatable bonds is 4. The molecule has 0 aliphatic carbocycles. The summed E-state index contributed by atoms with van der Waals surface area (Å²) in [5.41, 5.74) is 3.01. The van der Waals surface area contributed by atoms with E-state index < -0.39 is 5.97 Å². The monoisotopic (exact) mass is 287 g/mol. The third-order valence-electron chi connectivity index (χ3n) is 2.72. The second kappa shape index (κ2) is 6.16. The Morgan fingerprint density at radius 2 is 2.10 bits per heavy atom. The number of carboxylic acid groups (broad SMARTS) is 1. The minimum atomic E-state index is -0.987. The highest BCUT2D eigenvalue weighted by Crippen LogP contribution is 2.18.